The van der Waals surface area contributed by atoms with Crippen molar-refractivity contribution in [2.75, 3.05) is 19.5 Å². The smallest absolute Gasteiger partial charge is 0.348 e. The lowest BCUT2D eigenvalue weighted by Crippen LogP contribution is -2.34. The zero-order chi connectivity index (χ0) is 21.7. The summed E-state index contributed by atoms with van der Waals surface area (Å²) in [5, 5.41) is 0. The molecule has 0 amide bonds. The molecule has 7 nitrogen and oxygen atoms in total. The van der Waals surface area contributed by atoms with E-state index in [4.69, 9.17) is 14.2 Å². The molecule has 1 aromatic heterocycles. The van der Waals surface area contributed by atoms with Crippen molar-refractivity contribution in [3.63, 3.8) is 0 Å². The van der Waals surface area contributed by atoms with E-state index in [1.807, 2.05) is 26.0 Å². The lowest BCUT2D eigenvalue weighted by Gasteiger charge is -2.29. The number of Topliss-reactive ketones (excluding diaryl/α,β-unsaturated/α-hetero) is 1. The van der Waals surface area contributed by atoms with Crippen LogP contribution in [0.25, 0.3) is 0 Å². The van der Waals surface area contributed by atoms with Crippen molar-refractivity contribution in [2.45, 2.75) is 37.0 Å². The second-order valence-electron chi connectivity index (χ2n) is 8.38. The fraction of sp³-hybridized carbons (Fsp3) is 0.429. The van der Waals surface area contributed by atoms with Crippen molar-refractivity contribution in [3.05, 3.63) is 40.3 Å². The fourth-order valence-electron chi connectivity index (χ4n) is 3.76. The predicted octanol–water partition coefficient (Wildman–Crippen LogP) is 3.30. The van der Waals surface area contributed by atoms with Crippen LogP contribution in [0, 0.1) is 5.41 Å². The Morgan fingerprint density at radius 3 is 2.63 bits per heavy atom. The number of ether oxygens (including phenoxy) is 3. The zero-order valence-electron chi connectivity index (χ0n) is 16.9. The number of rotatable bonds is 4. The molecule has 1 aromatic carbocycles. The number of carbonyl (C=O) groups is 2. The van der Waals surface area contributed by atoms with Crippen LogP contribution in [0.4, 0.5) is 0 Å². The highest BCUT2D eigenvalue weighted by Gasteiger charge is 2.40. The summed E-state index contributed by atoms with van der Waals surface area (Å²) >= 11 is 0.815. The van der Waals surface area contributed by atoms with Crippen molar-refractivity contribution in [1.29, 1.82) is 0 Å². The number of hydrogen-bond donors (Lipinski definition) is 0. The highest BCUT2D eigenvalue weighted by atomic mass is 32.2. The average molecular weight is 451 g/mol. The lowest BCUT2D eigenvalue weighted by molar-refractivity contribution is 0.0112. The summed E-state index contributed by atoms with van der Waals surface area (Å²) < 4.78 is 41.3. The van der Waals surface area contributed by atoms with Gasteiger partial charge in [-0.2, -0.15) is 0 Å². The van der Waals surface area contributed by atoms with Gasteiger partial charge in [0.15, 0.2) is 33.2 Å². The summed E-state index contributed by atoms with van der Waals surface area (Å²) in [5.41, 5.74) is 0.261. The van der Waals surface area contributed by atoms with E-state index in [2.05, 4.69) is 0 Å². The van der Waals surface area contributed by atoms with E-state index in [-0.39, 0.29) is 45.5 Å². The van der Waals surface area contributed by atoms with Gasteiger partial charge in [-0.15, -0.1) is 11.3 Å². The van der Waals surface area contributed by atoms with Gasteiger partial charge >= 0.3 is 5.97 Å². The number of ketones is 1. The number of esters is 1. The van der Waals surface area contributed by atoms with Crippen molar-refractivity contribution in [3.8, 4) is 11.5 Å². The molecule has 9 heteroatoms. The van der Waals surface area contributed by atoms with Gasteiger partial charge in [-0.05, 0) is 29.5 Å². The van der Waals surface area contributed by atoms with Crippen molar-refractivity contribution < 1.29 is 32.2 Å². The highest BCUT2D eigenvalue weighted by molar-refractivity contribution is 7.92. The minimum absolute atomic E-state index is 0.0502. The maximum atomic E-state index is 12.8. The number of hydrogen-bond acceptors (Lipinski definition) is 8. The van der Waals surface area contributed by atoms with Crippen molar-refractivity contribution in [1.82, 2.24) is 0 Å². The molecule has 2 aliphatic rings. The topological polar surface area (TPSA) is 96.0 Å². The van der Waals surface area contributed by atoms with Crippen LogP contribution in [0.5, 0.6) is 11.5 Å². The summed E-state index contributed by atoms with van der Waals surface area (Å²) in [6.07, 6.45) is 1.24. The maximum Gasteiger partial charge on any atom is 0.348 e. The normalized spacial score (nSPS) is 19.8. The van der Waals surface area contributed by atoms with Gasteiger partial charge in [-0.1, -0.05) is 26.0 Å². The van der Waals surface area contributed by atoms with E-state index in [0.29, 0.717) is 23.5 Å². The van der Waals surface area contributed by atoms with Crippen molar-refractivity contribution in [2.24, 2.45) is 5.41 Å². The molecule has 2 aromatic rings. The van der Waals surface area contributed by atoms with Gasteiger partial charge in [-0.3, -0.25) is 4.79 Å². The average Bonchev–Trinajstić information content (AvgIpc) is 3.05. The molecule has 160 valence electrons. The van der Waals surface area contributed by atoms with Gasteiger partial charge in [0.1, 0.15) is 22.3 Å². The SMILES string of the molecule is CC1(C)CC(=O)c2c(S(C)(=O)=O)sc(C(=O)OC[C@@H]3COc4ccccc4O3)c2C1. The Kier molecular flexibility index (Phi) is 5.14. The molecular formula is C21H22O7S2. The standard InChI is InChI=1S/C21H22O7S2/c1-21(2)8-13-17(14(22)9-21)20(30(3,24)25)29-18(13)19(23)27-11-12-10-26-15-6-4-5-7-16(15)28-12/h4-7,12H,8-11H2,1-3H3/t12-/m0/s1. The second-order valence-corrected chi connectivity index (χ2v) is 11.6. The number of carbonyl (C=O) groups excluding carboxylic acids is 2. The van der Waals surface area contributed by atoms with Crippen LogP contribution in [0.3, 0.4) is 0 Å². The fourth-order valence-corrected chi connectivity index (χ4v) is 6.19. The summed E-state index contributed by atoms with van der Waals surface area (Å²) in [7, 11) is -3.65. The van der Waals surface area contributed by atoms with E-state index in [1.54, 1.807) is 12.1 Å². The van der Waals surface area contributed by atoms with Gasteiger partial charge in [0.05, 0.1) is 5.56 Å². The number of para-hydroxylation sites is 2. The minimum atomic E-state index is -3.65. The number of thiophene rings is 1. The van der Waals surface area contributed by atoms with Crippen LogP contribution in [0.15, 0.2) is 28.5 Å². The predicted molar refractivity (Wildman–Crippen MR) is 110 cm³/mol. The number of sulfone groups is 1. The minimum Gasteiger partial charge on any atom is -0.486 e. The first-order valence-corrected chi connectivity index (χ1v) is 12.2. The van der Waals surface area contributed by atoms with Gasteiger partial charge in [0.2, 0.25) is 0 Å². The Balaban J connectivity index is 1.57. The maximum absolute atomic E-state index is 12.8. The van der Waals surface area contributed by atoms with Crippen LogP contribution in [-0.4, -0.2) is 45.7 Å². The van der Waals surface area contributed by atoms with Gasteiger partial charge in [-0.25, -0.2) is 13.2 Å². The molecule has 1 aliphatic carbocycles. The van der Waals surface area contributed by atoms with Gasteiger partial charge in [0, 0.05) is 12.7 Å². The van der Waals surface area contributed by atoms with Crippen LogP contribution < -0.4 is 9.47 Å². The van der Waals surface area contributed by atoms with E-state index in [1.165, 1.54) is 0 Å². The first kappa shape index (κ1) is 20.9. The molecule has 30 heavy (non-hydrogen) atoms. The first-order chi connectivity index (χ1) is 14.0. The van der Waals surface area contributed by atoms with Crippen LogP contribution in [-0.2, 0) is 21.0 Å². The molecule has 1 aliphatic heterocycles. The van der Waals surface area contributed by atoms with E-state index < -0.39 is 21.9 Å². The van der Waals surface area contributed by atoms with Gasteiger partial charge < -0.3 is 14.2 Å². The largest absolute Gasteiger partial charge is 0.486 e. The third-order valence-electron chi connectivity index (χ3n) is 5.04. The van der Waals surface area contributed by atoms with E-state index in [0.717, 1.165) is 17.6 Å². The Morgan fingerprint density at radius 1 is 1.23 bits per heavy atom. The molecule has 0 spiro atoms. The zero-order valence-corrected chi connectivity index (χ0v) is 18.5. The second kappa shape index (κ2) is 7.39. The number of fused-ring (bicyclic) bond motifs is 2. The summed E-state index contributed by atoms with van der Waals surface area (Å²) in [4.78, 5) is 25.7. The summed E-state index contributed by atoms with van der Waals surface area (Å²) in [6, 6.07) is 7.22. The summed E-state index contributed by atoms with van der Waals surface area (Å²) in [5.74, 6) is 0.299. The molecule has 1 atom stereocenters. The first-order valence-electron chi connectivity index (χ1n) is 9.50. The third kappa shape index (κ3) is 3.96. The Bertz CT molecular complexity index is 1130. The molecular weight excluding hydrogens is 428 g/mol. The van der Waals surface area contributed by atoms with Crippen LogP contribution >= 0.6 is 11.3 Å². The molecule has 0 N–H and O–H groups in total. The van der Waals surface area contributed by atoms with E-state index in [9.17, 15) is 18.0 Å². The molecule has 0 unspecified atom stereocenters. The quantitative estimate of drug-likeness (QED) is 0.660. The van der Waals surface area contributed by atoms with Gasteiger partial charge in [0.25, 0.3) is 0 Å². The van der Waals surface area contributed by atoms with Crippen LogP contribution in [0.1, 0.15) is 45.9 Å². The summed E-state index contributed by atoms with van der Waals surface area (Å²) in [6.45, 7) is 4.02. The molecule has 0 fully saturated rings. The molecule has 0 bridgehead atoms. The Morgan fingerprint density at radius 2 is 1.93 bits per heavy atom. The van der Waals surface area contributed by atoms with E-state index >= 15 is 0 Å². The Hall–Kier alpha value is -2.39. The van der Waals surface area contributed by atoms with Crippen LogP contribution in [0.2, 0.25) is 0 Å². The monoisotopic (exact) mass is 450 g/mol. The number of benzene rings is 1. The van der Waals surface area contributed by atoms with Crippen molar-refractivity contribution >= 4 is 32.9 Å². The third-order valence-corrected chi connectivity index (χ3v) is 8.08. The molecule has 4 rings (SSSR count). The molecule has 0 radical (unpaired) electrons. The highest BCUT2D eigenvalue weighted by Crippen LogP contribution is 2.43. The molecule has 2 heterocycles. The molecule has 0 saturated carbocycles. The lowest BCUT2D eigenvalue weighted by atomic mass is 9.74. The Labute approximate surface area is 178 Å². The molecule has 0 saturated heterocycles.